The van der Waals surface area contributed by atoms with Gasteiger partial charge < -0.3 is 10.4 Å². The summed E-state index contributed by atoms with van der Waals surface area (Å²) in [6, 6.07) is -0.204. The van der Waals surface area contributed by atoms with Crippen molar-refractivity contribution in [2.24, 2.45) is 5.92 Å². The summed E-state index contributed by atoms with van der Waals surface area (Å²) in [4.78, 5) is 12.0. The van der Waals surface area contributed by atoms with Gasteiger partial charge in [0, 0.05) is 19.0 Å². The minimum atomic E-state index is -3.14. The van der Waals surface area contributed by atoms with Crippen molar-refractivity contribution >= 4 is 15.9 Å². The lowest BCUT2D eigenvalue weighted by atomic mass is 9.97. The molecule has 112 valence electrons. The molecule has 0 bridgehead atoms. The quantitative estimate of drug-likeness (QED) is 0.718. The highest BCUT2D eigenvalue weighted by molar-refractivity contribution is 7.89. The van der Waals surface area contributed by atoms with Crippen molar-refractivity contribution in [2.75, 3.05) is 25.4 Å². The van der Waals surface area contributed by atoms with Crippen LogP contribution >= 0.6 is 0 Å². The fourth-order valence-corrected chi connectivity index (χ4v) is 3.31. The Bertz CT molecular complexity index is 385. The molecule has 0 aromatic heterocycles. The van der Waals surface area contributed by atoms with E-state index in [0.29, 0.717) is 32.4 Å². The van der Waals surface area contributed by atoms with E-state index in [2.05, 4.69) is 5.32 Å². The van der Waals surface area contributed by atoms with Crippen LogP contribution in [0, 0.1) is 5.92 Å². The summed E-state index contributed by atoms with van der Waals surface area (Å²) in [6.07, 6.45) is 1.78. The maximum absolute atomic E-state index is 12.0. The molecule has 1 aliphatic rings. The molecule has 1 heterocycles. The smallest absolute Gasteiger partial charge is 0.223 e. The molecular weight excluding hydrogens is 268 g/mol. The number of piperidine rings is 1. The third-order valence-electron chi connectivity index (χ3n) is 3.64. The first-order chi connectivity index (χ1) is 8.94. The number of carbonyl (C=O) groups excluding carboxylic acids is 1. The van der Waals surface area contributed by atoms with Gasteiger partial charge in [-0.05, 0) is 26.2 Å². The Balaban J connectivity index is 2.48. The first kappa shape index (κ1) is 16.4. The van der Waals surface area contributed by atoms with Gasteiger partial charge in [-0.2, -0.15) is 0 Å². The Morgan fingerprint density at radius 3 is 2.37 bits per heavy atom. The Labute approximate surface area is 115 Å². The Kier molecular flexibility index (Phi) is 6.22. The molecular formula is C12H24N2O4S. The summed E-state index contributed by atoms with van der Waals surface area (Å²) < 4.78 is 24.8. The van der Waals surface area contributed by atoms with Crippen LogP contribution in [0.1, 0.15) is 33.1 Å². The molecule has 6 nitrogen and oxygen atoms in total. The molecule has 1 amide bonds. The van der Waals surface area contributed by atoms with E-state index < -0.39 is 10.0 Å². The van der Waals surface area contributed by atoms with Crippen LogP contribution in [-0.2, 0) is 14.8 Å². The third-order valence-corrected chi connectivity index (χ3v) is 5.52. The molecule has 7 heteroatoms. The fraction of sp³-hybridized carbons (Fsp3) is 0.917. The minimum Gasteiger partial charge on any atom is -0.394 e. The number of sulfonamides is 1. The van der Waals surface area contributed by atoms with Crippen molar-refractivity contribution in [3.63, 3.8) is 0 Å². The van der Waals surface area contributed by atoms with Crippen LogP contribution in [0.3, 0.4) is 0 Å². The highest BCUT2D eigenvalue weighted by atomic mass is 32.2. The van der Waals surface area contributed by atoms with Gasteiger partial charge in [0.2, 0.25) is 15.9 Å². The van der Waals surface area contributed by atoms with Gasteiger partial charge in [0.05, 0.1) is 18.4 Å². The number of rotatable bonds is 6. The van der Waals surface area contributed by atoms with Gasteiger partial charge in [-0.1, -0.05) is 6.92 Å². The largest absolute Gasteiger partial charge is 0.394 e. The lowest BCUT2D eigenvalue weighted by Crippen LogP contribution is -2.46. The van der Waals surface area contributed by atoms with Crippen LogP contribution in [0.5, 0.6) is 0 Å². The van der Waals surface area contributed by atoms with Gasteiger partial charge in [-0.3, -0.25) is 4.79 Å². The lowest BCUT2D eigenvalue weighted by molar-refractivity contribution is -0.127. The summed E-state index contributed by atoms with van der Waals surface area (Å²) in [5, 5.41) is 11.8. The SMILES string of the molecule is CCC(CO)NC(=O)C1CCN(S(=O)(=O)CC)CC1. The second-order valence-electron chi connectivity index (χ2n) is 4.87. The zero-order valence-electron chi connectivity index (χ0n) is 11.6. The molecule has 1 fully saturated rings. The standard InChI is InChI=1S/C12H24N2O4S/c1-3-11(9-15)13-12(16)10-5-7-14(8-6-10)19(17,18)4-2/h10-11,15H,3-9H2,1-2H3,(H,13,16). The number of aliphatic hydroxyl groups excluding tert-OH is 1. The zero-order valence-corrected chi connectivity index (χ0v) is 12.4. The summed E-state index contributed by atoms with van der Waals surface area (Å²) in [5.41, 5.74) is 0. The van der Waals surface area contributed by atoms with Crippen LogP contribution in [0.15, 0.2) is 0 Å². The lowest BCUT2D eigenvalue weighted by Gasteiger charge is -2.31. The minimum absolute atomic E-state index is 0.0642. The number of nitrogens with one attached hydrogen (secondary N) is 1. The molecule has 1 atom stereocenters. The summed E-state index contributed by atoms with van der Waals surface area (Å²) in [5.74, 6) is -0.120. The number of amides is 1. The predicted molar refractivity (Wildman–Crippen MR) is 73.1 cm³/mol. The van der Waals surface area contributed by atoms with E-state index in [9.17, 15) is 13.2 Å². The molecule has 0 spiro atoms. The van der Waals surface area contributed by atoms with Gasteiger partial charge >= 0.3 is 0 Å². The van der Waals surface area contributed by atoms with Gasteiger partial charge in [0.15, 0.2) is 0 Å². The fourth-order valence-electron chi connectivity index (χ4n) is 2.17. The maximum atomic E-state index is 12.0. The molecule has 0 saturated carbocycles. The molecule has 1 rings (SSSR count). The summed E-state index contributed by atoms with van der Waals surface area (Å²) in [6.45, 7) is 4.28. The average molecular weight is 292 g/mol. The molecule has 1 unspecified atom stereocenters. The maximum Gasteiger partial charge on any atom is 0.223 e. The Morgan fingerprint density at radius 1 is 1.37 bits per heavy atom. The normalized spacial score (nSPS) is 20.2. The number of hydrogen-bond donors (Lipinski definition) is 2. The van der Waals surface area contributed by atoms with E-state index in [-0.39, 0.29) is 30.2 Å². The molecule has 0 radical (unpaired) electrons. The van der Waals surface area contributed by atoms with E-state index in [1.807, 2.05) is 6.92 Å². The molecule has 2 N–H and O–H groups in total. The first-order valence-electron chi connectivity index (χ1n) is 6.83. The van der Waals surface area contributed by atoms with Crippen molar-refractivity contribution in [3.8, 4) is 0 Å². The van der Waals surface area contributed by atoms with E-state index in [4.69, 9.17) is 5.11 Å². The van der Waals surface area contributed by atoms with E-state index in [0.717, 1.165) is 0 Å². The van der Waals surface area contributed by atoms with Gasteiger partial charge in [0.25, 0.3) is 0 Å². The van der Waals surface area contributed by atoms with Crippen LogP contribution in [0.4, 0.5) is 0 Å². The highest BCUT2D eigenvalue weighted by Gasteiger charge is 2.30. The van der Waals surface area contributed by atoms with Crippen LogP contribution in [-0.4, -0.2) is 55.2 Å². The van der Waals surface area contributed by atoms with Crippen molar-refractivity contribution < 1.29 is 18.3 Å². The van der Waals surface area contributed by atoms with Crippen LogP contribution < -0.4 is 5.32 Å². The van der Waals surface area contributed by atoms with Gasteiger partial charge in [-0.15, -0.1) is 0 Å². The zero-order chi connectivity index (χ0) is 14.5. The second kappa shape index (κ2) is 7.21. The number of aliphatic hydroxyl groups is 1. The van der Waals surface area contributed by atoms with Gasteiger partial charge in [-0.25, -0.2) is 12.7 Å². The van der Waals surface area contributed by atoms with E-state index in [1.165, 1.54) is 4.31 Å². The third kappa shape index (κ3) is 4.43. The Morgan fingerprint density at radius 2 is 1.95 bits per heavy atom. The predicted octanol–water partition coefficient (Wildman–Crippen LogP) is -0.0648. The number of hydrogen-bond acceptors (Lipinski definition) is 4. The number of nitrogens with zero attached hydrogens (tertiary/aromatic N) is 1. The molecule has 0 aromatic carbocycles. The molecule has 1 saturated heterocycles. The summed E-state index contributed by atoms with van der Waals surface area (Å²) in [7, 11) is -3.14. The van der Waals surface area contributed by atoms with Crippen LogP contribution in [0.25, 0.3) is 0 Å². The second-order valence-corrected chi connectivity index (χ2v) is 7.13. The Hall–Kier alpha value is -0.660. The van der Waals surface area contributed by atoms with Crippen molar-refractivity contribution in [1.82, 2.24) is 9.62 Å². The molecule has 1 aliphatic heterocycles. The molecule has 0 aliphatic carbocycles. The highest BCUT2D eigenvalue weighted by Crippen LogP contribution is 2.20. The van der Waals surface area contributed by atoms with E-state index in [1.54, 1.807) is 6.92 Å². The van der Waals surface area contributed by atoms with Crippen LogP contribution in [0.2, 0.25) is 0 Å². The molecule has 19 heavy (non-hydrogen) atoms. The van der Waals surface area contributed by atoms with Crippen molar-refractivity contribution in [3.05, 3.63) is 0 Å². The van der Waals surface area contributed by atoms with Crippen molar-refractivity contribution in [2.45, 2.75) is 39.2 Å². The molecule has 0 aromatic rings. The summed E-state index contributed by atoms with van der Waals surface area (Å²) >= 11 is 0. The van der Waals surface area contributed by atoms with Gasteiger partial charge in [0.1, 0.15) is 0 Å². The number of carbonyl (C=O) groups is 1. The topological polar surface area (TPSA) is 86.7 Å². The van der Waals surface area contributed by atoms with Crippen molar-refractivity contribution in [1.29, 1.82) is 0 Å². The average Bonchev–Trinajstić information content (AvgIpc) is 2.44. The first-order valence-corrected chi connectivity index (χ1v) is 8.44. The monoisotopic (exact) mass is 292 g/mol. The van der Waals surface area contributed by atoms with E-state index >= 15 is 0 Å².